The summed E-state index contributed by atoms with van der Waals surface area (Å²) in [6.45, 7) is 4.46. The number of methoxy groups -OCH3 is 1. The van der Waals surface area contributed by atoms with Crippen LogP contribution in [0.5, 0.6) is 0 Å². The van der Waals surface area contributed by atoms with Crippen LogP contribution in [0.25, 0.3) is 22.4 Å². The van der Waals surface area contributed by atoms with Gasteiger partial charge in [0.05, 0.1) is 25.0 Å². The van der Waals surface area contributed by atoms with E-state index in [0.29, 0.717) is 6.54 Å². The zero-order valence-electron chi connectivity index (χ0n) is 19.2. The minimum absolute atomic E-state index is 0.0619. The number of imidazole rings is 1. The van der Waals surface area contributed by atoms with Crippen molar-refractivity contribution in [1.82, 2.24) is 20.2 Å². The van der Waals surface area contributed by atoms with Crippen molar-refractivity contribution < 1.29 is 14.3 Å². The highest BCUT2D eigenvalue weighted by Crippen LogP contribution is 2.33. The molecule has 1 fully saturated rings. The summed E-state index contributed by atoms with van der Waals surface area (Å²) in [5, 5.41) is 2.68. The predicted octanol–water partition coefficient (Wildman–Crippen LogP) is 4.79. The van der Waals surface area contributed by atoms with E-state index in [1.807, 2.05) is 43.1 Å². The van der Waals surface area contributed by atoms with Crippen LogP contribution < -0.4 is 5.32 Å². The highest BCUT2D eigenvalue weighted by Gasteiger charge is 2.37. The first-order chi connectivity index (χ1) is 16.0. The second-order valence-electron chi connectivity index (χ2n) is 8.67. The normalized spacial score (nSPS) is 16.6. The van der Waals surface area contributed by atoms with E-state index < -0.39 is 12.1 Å². The predicted molar refractivity (Wildman–Crippen MR) is 127 cm³/mol. The van der Waals surface area contributed by atoms with Crippen molar-refractivity contribution in [3.05, 3.63) is 66.6 Å². The molecule has 2 heterocycles. The number of alkyl carbamates (subject to hydrolysis) is 1. The van der Waals surface area contributed by atoms with E-state index in [-0.39, 0.29) is 17.9 Å². The van der Waals surface area contributed by atoms with E-state index >= 15 is 0 Å². The van der Waals surface area contributed by atoms with Gasteiger partial charge in [0.25, 0.3) is 0 Å². The number of hydrogen-bond acceptors (Lipinski definition) is 4. The van der Waals surface area contributed by atoms with E-state index in [4.69, 9.17) is 4.74 Å². The number of hydrogen-bond donors (Lipinski definition) is 2. The molecule has 0 aliphatic carbocycles. The molecule has 3 aromatic rings. The molecule has 4 rings (SSSR count). The highest BCUT2D eigenvalue weighted by atomic mass is 16.5. The summed E-state index contributed by atoms with van der Waals surface area (Å²) in [4.78, 5) is 34.9. The number of carbonyl (C=O) groups is 2. The number of H-pyrrole nitrogens is 1. The van der Waals surface area contributed by atoms with Crippen LogP contribution in [0.4, 0.5) is 4.79 Å². The number of aromatic nitrogens is 2. The van der Waals surface area contributed by atoms with Gasteiger partial charge in [-0.1, -0.05) is 68.4 Å². The molecule has 0 saturated carbocycles. The van der Waals surface area contributed by atoms with Crippen molar-refractivity contribution in [1.29, 1.82) is 0 Å². The van der Waals surface area contributed by atoms with Gasteiger partial charge in [0.2, 0.25) is 5.91 Å². The minimum atomic E-state index is -0.641. The van der Waals surface area contributed by atoms with E-state index in [1.54, 1.807) is 0 Å². The summed E-state index contributed by atoms with van der Waals surface area (Å²) in [5.74, 6) is 0.597. The van der Waals surface area contributed by atoms with E-state index in [0.717, 1.165) is 35.5 Å². The average Bonchev–Trinajstić information content (AvgIpc) is 3.52. The Morgan fingerprint density at radius 2 is 1.73 bits per heavy atom. The zero-order chi connectivity index (χ0) is 23.4. The van der Waals surface area contributed by atoms with Gasteiger partial charge in [0.1, 0.15) is 11.9 Å². The number of rotatable bonds is 6. The summed E-state index contributed by atoms with van der Waals surface area (Å²) in [6, 6.07) is 17.8. The number of ether oxygens (including phenoxy) is 1. The smallest absolute Gasteiger partial charge is 0.407 e. The molecular weight excluding hydrogens is 416 g/mol. The summed E-state index contributed by atoms with van der Waals surface area (Å²) in [7, 11) is 1.30. The Bertz CT molecular complexity index is 1090. The van der Waals surface area contributed by atoms with Crippen molar-refractivity contribution in [3.63, 3.8) is 0 Å². The Hall–Kier alpha value is -3.61. The lowest BCUT2D eigenvalue weighted by Crippen LogP contribution is -2.51. The maximum atomic E-state index is 13.3. The fourth-order valence-corrected chi connectivity index (χ4v) is 4.32. The van der Waals surface area contributed by atoms with Gasteiger partial charge in [0.15, 0.2) is 0 Å². The van der Waals surface area contributed by atoms with Crippen LogP contribution in [0.1, 0.15) is 38.6 Å². The first kappa shape index (κ1) is 22.6. The third-order valence-electron chi connectivity index (χ3n) is 6.14. The quantitative estimate of drug-likeness (QED) is 0.570. The molecule has 2 N–H and O–H groups in total. The average molecular weight is 447 g/mol. The van der Waals surface area contributed by atoms with E-state index in [1.165, 1.54) is 12.7 Å². The Balaban J connectivity index is 1.51. The van der Waals surface area contributed by atoms with Gasteiger partial charge < -0.3 is 19.9 Å². The Kier molecular flexibility index (Phi) is 6.77. The lowest BCUT2D eigenvalue weighted by Gasteiger charge is -2.30. The standard InChI is InChI=1S/C26H30N4O3/c1-17(2)23(29-26(32)33-3)25(31)30-15-7-10-22(30)24-27-16-21(28-24)20-13-11-19(12-14-20)18-8-5-4-6-9-18/h4-6,8-9,11-14,16-17,22-23H,7,10,15H2,1-3H3,(H,27,28)(H,29,32)/t22-,23+/m1/s1. The van der Waals surface area contributed by atoms with Crippen molar-refractivity contribution in [2.45, 2.75) is 38.8 Å². The topological polar surface area (TPSA) is 87.3 Å². The maximum absolute atomic E-state index is 13.3. The summed E-state index contributed by atoms with van der Waals surface area (Å²) >= 11 is 0. The molecule has 2 aromatic carbocycles. The van der Waals surface area contributed by atoms with Gasteiger partial charge in [-0.3, -0.25) is 4.79 Å². The fraction of sp³-hybridized carbons (Fsp3) is 0.346. The van der Waals surface area contributed by atoms with Crippen molar-refractivity contribution >= 4 is 12.0 Å². The third kappa shape index (κ3) is 4.92. The SMILES string of the molecule is COC(=O)N[C@H](C(=O)N1CCC[C@@H]1c1ncc(-c2ccc(-c3ccccc3)cc2)[nH]1)C(C)C. The minimum Gasteiger partial charge on any atom is -0.453 e. The molecule has 7 heteroatoms. The number of amides is 2. The molecule has 0 spiro atoms. The van der Waals surface area contributed by atoms with Gasteiger partial charge in [-0.15, -0.1) is 0 Å². The van der Waals surface area contributed by atoms with Crippen LogP contribution in [0, 0.1) is 5.92 Å². The van der Waals surface area contributed by atoms with Gasteiger partial charge >= 0.3 is 6.09 Å². The number of carbonyl (C=O) groups excluding carboxylic acids is 2. The Morgan fingerprint density at radius 3 is 2.39 bits per heavy atom. The largest absolute Gasteiger partial charge is 0.453 e. The number of benzene rings is 2. The van der Waals surface area contributed by atoms with Crippen molar-refractivity contribution in [3.8, 4) is 22.4 Å². The molecule has 33 heavy (non-hydrogen) atoms. The molecule has 0 radical (unpaired) electrons. The number of likely N-dealkylation sites (tertiary alicyclic amines) is 1. The first-order valence-electron chi connectivity index (χ1n) is 11.3. The molecule has 1 aliphatic heterocycles. The van der Waals surface area contributed by atoms with Crippen LogP contribution in [0.3, 0.4) is 0 Å². The van der Waals surface area contributed by atoms with Gasteiger partial charge in [-0.05, 0) is 35.4 Å². The first-order valence-corrected chi connectivity index (χ1v) is 11.3. The second-order valence-corrected chi connectivity index (χ2v) is 8.67. The molecule has 0 bridgehead atoms. The molecule has 1 saturated heterocycles. The maximum Gasteiger partial charge on any atom is 0.407 e. The molecule has 1 aliphatic rings. The molecule has 2 amide bonds. The second kappa shape index (κ2) is 9.90. The lowest BCUT2D eigenvalue weighted by molar-refractivity contribution is -0.135. The molecule has 172 valence electrons. The highest BCUT2D eigenvalue weighted by molar-refractivity contribution is 5.86. The van der Waals surface area contributed by atoms with Crippen molar-refractivity contribution in [2.75, 3.05) is 13.7 Å². The Morgan fingerprint density at radius 1 is 1.06 bits per heavy atom. The number of nitrogens with zero attached hydrogens (tertiary/aromatic N) is 2. The van der Waals surface area contributed by atoms with Crippen LogP contribution in [0.15, 0.2) is 60.8 Å². The van der Waals surface area contributed by atoms with Gasteiger partial charge in [-0.2, -0.15) is 0 Å². The van der Waals surface area contributed by atoms with Crippen LogP contribution >= 0.6 is 0 Å². The number of nitrogens with one attached hydrogen (secondary N) is 2. The molecular formula is C26H30N4O3. The van der Waals surface area contributed by atoms with Gasteiger partial charge in [0, 0.05) is 6.54 Å². The molecule has 0 unspecified atom stereocenters. The van der Waals surface area contributed by atoms with Crippen LogP contribution in [0.2, 0.25) is 0 Å². The summed E-state index contributed by atoms with van der Waals surface area (Å²) in [6.07, 6.45) is 2.94. The lowest BCUT2D eigenvalue weighted by atomic mass is 10.0. The zero-order valence-corrected chi connectivity index (χ0v) is 19.2. The van der Waals surface area contributed by atoms with E-state index in [9.17, 15) is 9.59 Å². The molecule has 2 atom stereocenters. The van der Waals surface area contributed by atoms with Crippen LogP contribution in [-0.4, -0.2) is 46.6 Å². The molecule has 7 nitrogen and oxygen atoms in total. The van der Waals surface area contributed by atoms with E-state index in [2.05, 4.69) is 51.7 Å². The third-order valence-corrected chi connectivity index (χ3v) is 6.14. The summed E-state index contributed by atoms with van der Waals surface area (Å²) < 4.78 is 4.70. The van der Waals surface area contributed by atoms with Crippen LogP contribution in [-0.2, 0) is 9.53 Å². The van der Waals surface area contributed by atoms with Gasteiger partial charge in [-0.25, -0.2) is 9.78 Å². The van der Waals surface area contributed by atoms with Crippen molar-refractivity contribution in [2.24, 2.45) is 5.92 Å². The molecule has 1 aromatic heterocycles. The number of aromatic amines is 1. The summed E-state index contributed by atoms with van der Waals surface area (Å²) in [5.41, 5.74) is 4.29. The monoisotopic (exact) mass is 446 g/mol. The fourth-order valence-electron chi connectivity index (χ4n) is 4.32. The Labute approximate surface area is 194 Å².